The van der Waals surface area contributed by atoms with Crippen molar-refractivity contribution in [2.45, 2.75) is 12.9 Å². The molecule has 0 aliphatic carbocycles. The quantitative estimate of drug-likeness (QED) is 0.228. The number of halogens is 5. The monoisotopic (exact) mass is 620 g/mol. The maximum atomic E-state index is 14.0. The number of amides is 1. The Morgan fingerprint density at radius 3 is 2.62 bits per heavy atom. The number of methoxy groups -OCH3 is 1. The van der Waals surface area contributed by atoms with E-state index in [0.29, 0.717) is 21.6 Å². The van der Waals surface area contributed by atoms with Crippen LogP contribution in [0.5, 0.6) is 11.5 Å². The minimum absolute atomic E-state index is 0.0190. The second-order valence-electron chi connectivity index (χ2n) is 8.10. The van der Waals surface area contributed by atoms with Gasteiger partial charge in [0.2, 0.25) is 0 Å². The number of benzene rings is 2. The molecule has 14 heteroatoms. The topological polar surface area (TPSA) is 95.6 Å². The Morgan fingerprint density at radius 1 is 1.13 bits per heavy atom. The second-order valence-corrected chi connectivity index (χ2v) is 9.40. The Morgan fingerprint density at radius 2 is 1.90 bits per heavy atom. The number of hydrogen-bond donors (Lipinski definition) is 1. The molecular formula is C25H17BrClF3N6O3. The average Bonchev–Trinajstić information content (AvgIpc) is 3.51. The SMILES string of the molecule is COc1cccc(-c2cc(C(F)(F)F)n3nc(C(=O)Nc4cnn(COc5ccc(Br)cc5)c4)c(Cl)c3n2)c1. The van der Waals surface area contributed by atoms with Crippen LogP contribution in [0.25, 0.3) is 16.9 Å². The van der Waals surface area contributed by atoms with E-state index < -0.39 is 23.5 Å². The number of ether oxygens (including phenoxy) is 2. The number of aromatic nitrogens is 5. The summed E-state index contributed by atoms with van der Waals surface area (Å²) in [6.07, 6.45) is -1.97. The van der Waals surface area contributed by atoms with Crippen molar-refractivity contribution in [2.24, 2.45) is 0 Å². The summed E-state index contributed by atoms with van der Waals surface area (Å²) in [7, 11) is 1.44. The van der Waals surface area contributed by atoms with Crippen molar-refractivity contribution in [1.82, 2.24) is 24.4 Å². The number of rotatable bonds is 7. The standard InChI is InChI=1S/C25H17BrClF3N6O3/c1-38-18-4-2-3-14(9-18)19-10-20(25(28,29)30)36-23(33-19)21(27)22(34-36)24(37)32-16-11-31-35(12-16)13-39-17-7-5-15(26)6-8-17/h2-12H,13H2,1H3,(H,32,37). The number of fused-ring (bicyclic) bond motifs is 1. The Bertz CT molecular complexity index is 1670. The van der Waals surface area contributed by atoms with Crippen LogP contribution >= 0.6 is 27.5 Å². The number of anilines is 1. The van der Waals surface area contributed by atoms with Crippen molar-refractivity contribution < 1.29 is 27.4 Å². The van der Waals surface area contributed by atoms with Crippen molar-refractivity contribution in [3.8, 4) is 22.8 Å². The largest absolute Gasteiger partial charge is 0.497 e. The highest BCUT2D eigenvalue weighted by molar-refractivity contribution is 9.10. The fourth-order valence-electron chi connectivity index (χ4n) is 3.63. The molecule has 0 unspecified atom stereocenters. The first-order chi connectivity index (χ1) is 18.6. The molecule has 0 bridgehead atoms. The van der Waals surface area contributed by atoms with Gasteiger partial charge in [-0.25, -0.2) is 14.2 Å². The van der Waals surface area contributed by atoms with Gasteiger partial charge in [0.15, 0.2) is 23.8 Å². The van der Waals surface area contributed by atoms with Crippen molar-refractivity contribution in [3.63, 3.8) is 0 Å². The molecule has 0 saturated carbocycles. The van der Waals surface area contributed by atoms with E-state index in [1.54, 1.807) is 30.3 Å². The van der Waals surface area contributed by atoms with Crippen LogP contribution < -0.4 is 14.8 Å². The van der Waals surface area contributed by atoms with Gasteiger partial charge in [0.25, 0.3) is 5.91 Å². The molecule has 1 N–H and O–H groups in total. The molecule has 5 aromatic rings. The number of hydrogen-bond acceptors (Lipinski definition) is 6. The third kappa shape index (κ3) is 5.68. The van der Waals surface area contributed by atoms with Gasteiger partial charge >= 0.3 is 6.18 Å². The zero-order valence-electron chi connectivity index (χ0n) is 19.9. The first-order valence-electron chi connectivity index (χ1n) is 11.2. The van der Waals surface area contributed by atoms with Gasteiger partial charge in [-0.05, 0) is 42.5 Å². The molecule has 3 aromatic heterocycles. The number of nitrogens with one attached hydrogen (secondary N) is 1. The Kier molecular flexibility index (Phi) is 7.19. The molecule has 2 aromatic carbocycles. The van der Waals surface area contributed by atoms with Gasteiger partial charge in [-0.3, -0.25) is 4.79 Å². The number of nitrogens with zero attached hydrogens (tertiary/aromatic N) is 5. The predicted molar refractivity (Wildman–Crippen MR) is 140 cm³/mol. The van der Waals surface area contributed by atoms with Crippen LogP contribution in [-0.2, 0) is 12.9 Å². The van der Waals surface area contributed by atoms with Crippen molar-refractivity contribution >= 4 is 44.8 Å². The van der Waals surface area contributed by atoms with Crippen LogP contribution in [0.15, 0.2) is 71.5 Å². The Hall–Kier alpha value is -4.10. The molecule has 0 fully saturated rings. The molecule has 0 spiro atoms. The molecule has 0 aliphatic rings. The van der Waals surface area contributed by atoms with Crippen LogP contribution in [0, 0.1) is 0 Å². The summed E-state index contributed by atoms with van der Waals surface area (Å²) >= 11 is 9.69. The fraction of sp³-hybridized carbons (Fsp3) is 0.120. The summed E-state index contributed by atoms with van der Waals surface area (Å²) in [5.74, 6) is 0.206. The summed E-state index contributed by atoms with van der Waals surface area (Å²) in [6, 6.07) is 14.4. The molecule has 200 valence electrons. The number of carbonyl (C=O) groups is 1. The van der Waals surface area contributed by atoms with Gasteiger partial charge in [-0.15, -0.1) is 0 Å². The molecule has 0 radical (unpaired) electrons. The summed E-state index contributed by atoms with van der Waals surface area (Å²) < 4.78 is 55.6. The maximum absolute atomic E-state index is 14.0. The predicted octanol–water partition coefficient (Wildman–Crippen LogP) is 6.32. The van der Waals surface area contributed by atoms with Crippen LogP contribution in [0.1, 0.15) is 16.2 Å². The summed E-state index contributed by atoms with van der Waals surface area (Å²) in [5.41, 5.74) is -1.31. The zero-order valence-corrected chi connectivity index (χ0v) is 22.3. The van der Waals surface area contributed by atoms with E-state index in [9.17, 15) is 18.0 Å². The van der Waals surface area contributed by atoms with Crippen LogP contribution in [0.3, 0.4) is 0 Å². The summed E-state index contributed by atoms with van der Waals surface area (Å²) in [4.78, 5) is 17.2. The maximum Gasteiger partial charge on any atom is 0.433 e. The zero-order chi connectivity index (χ0) is 27.7. The van der Waals surface area contributed by atoms with Gasteiger partial charge in [0.1, 0.15) is 16.5 Å². The lowest BCUT2D eigenvalue weighted by molar-refractivity contribution is -0.142. The third-order valence-electron chi connectivity index (χ3n) is 5.47. The van der Waals surface area contributed by atoms with Gasteiger partial charge < -0.3 is 14.8 Å². The number of carbonyl (C=O) groups excluding carboxylic acids is 1. The lowest BCUT2D eigenvalue weighted by atomic mass is 10.1. The fourth-order valence-corrected chi connectivity index (χ4v) is 4.14. The van der Waals surface area contributed by atoms with E-state index in [2.05, 4.69) is 36.4 Å². The van der Waals surface area contributed by atoms with E-state index in [1.807, 2.05) is 12.1 Å². The third-order valence-corrected chi connectivity index (χ3v) is 6.35. The average molecular weight is 622 g/mol. The second kappa shape index (κ2) is 10.6. The van der Waals surface area contributed by atoms with Crippen LogP contribution in [0.2, 0.25) is 5.02 Å². The Labute approximate surface area is 232 Å². The van der Waals surface area contributed by atoms with E-state index in [-0.39, 0.29) is 28.8 Å². The molecular weight excluding hydrogens is 605 g/mol. The smallest absolute Gasteiger partial charge is 0.433 e. The molecule has 39 heavy (non-hydrogen) atoms. The molecule has 0 atom stereocenters. The normalized spacial score (nSPS) is 11.5. The Balaban J connectivity index is 1.42. The van der Waals surface area contributed by atoms with Gasteiger partial charge in [0.05, 0.1) is 30.9 Å². The van der Waals surface area contributed by atoms with Crippen molar-refractivity contribution in [2.75, 3.05) is 12.4 Å². The van der Waals surface area contributed by atoms with E-state index in [0.717, 1.165) is 10.5 Å². The molecule has 0 aliphatic heterocycles. The first-order valence-corrected chi connectivity index (χ1v) is 12.3. The molecule has 9 nitrogen and oxygen atoms in total. The first kappa shape index (κ1) is 26.5. The van der Waals surface area contributed by atoms with Gasteiger partial charge in [0, 0.05) is 10.0 Å². The van der Waals surface area contributed by atoms with Crippen LogP contribution in [0.4, 0.5) is 18.9 Å². The van der Waals surface area contributed by atoms with Crippen molar-refractivity contribution in [1.29, 1.82) is 0 Å². The highest BCUT2D eigenvalue weighted by Crippen LogP contribution is 2.35. The van der Waals surface area contributed by atoms with E-state index in [1.165, 1.54) is 30.3 Å². The number of alkyl halides is 3. The minimum atomic E-state index is -4.81. The molecule has 5 rings (SSSR count). The van der Waals surface area contributed by atoms with E-state index >= 15 is 0 Å². The molecule has 1 amide bonds. The van der Waals surface area contributed by atoms with E-state index in [4.69, 9.17) is 21.1 Å². The highest BCUT2D eigenvalue weighted by Gasteiger charge is 2.36. The summed E-state index contributed by atoms with van der Waals surface area (Å²) in [5, 5.41) is 10.1. The lowest BCUT2D eigenvalue weighted by Gasteiger charge is -2.11. The van der Waals surface area contributed by atoms with Gasteiger partial charge in [-0.1, -0.05) is 39.7 Å². The van der Waals surface area contributed by atoms with Crippen molar-refractivity contribution in [3.05, 3.63) is 87.9 Å². The highest BCUT2D eigenvalue weighted by atomic mass is 79.9. The van der Waals surface area contributed by atoms with Crippen LogP contribution in [-0.4, -0.2) is 37.4 Å². The molecule has 3 heterocycles. The summed E-state index contributed by atoms with van der Waals surface area (Å²) in [6.45, 7) is 0.0541. The minimum Gasteiger partial charge on any atom is -0.497 e. The molecule has 0 saturated heterocycles. The van der Waals surface area contributed by atoms with Gasteiger partial charge in [-0.2, -0.15) is 23.4 Å². The lowest BCUT2D eigenvalue weighted by Crippen LogP contribution is -2.15.